The van der Waals surface area contributed by atoms with Gasteiger partial charge in [-0.25, -0.2) is 0 Å². The highest BCUT2D eigenvalue weighted by Crippen LogP contribution is 2.50. The summed E-state index contributed by atoms with van der Waals surface area (Å²) in [6.45, 7) is 0. The molecule has 0 amide bonds. The van der Waals surface area contributed by atoms with E-state index in [-0.39, 0.29) is 8.46 Å². The van der Waals surface area contributed by atoms with Crippen LogP contribution in [0.5, 0.6) is 0 Å². The minimum Gasteiger partial charge on any atom is -0.269 e. The van der Waals surface area contributed by atoms with E-state index in [2.05, 4.69) is 121 Å². The Balaban J connectivity index is 1.91. The van der Waals surface area contributed by atoms with Gasteiger partial charge in [-0.05, 0) is 61.3 Å². The van der Waals surface area contributed by atoms with E-state index in [4.69, 9.17) is 0 Å². The third-order valence-corrected chi connectivity index (χ3v) is 7.26. The van der Waals surface area contributed by atoms with E-state index in [1.54, 1.807) is 0 Å². The summed E-state index contributed by atoms with van der Waals surface area (Å²) in [6, 6.07) is 48.4. The monoisotopic (exact) mass is 478 g/mol. The van der Waals surface area contributed by atoms with Crippen molar-refractivity contribution in [2.75, 3.05) is 0 Å². The molecule has 1 nitrogen and oxygen atoms in total. The fourth-order valence-corrected chi connectivity index (χ4v) is 5.61. The van der Waals surface area contributed by atoms with E-state index < -0.39 is 0 Å². The molecular formula is C34H23OP. The van der Waals surface area contributed by atoms with Crippen molar-refractivity contribution in [3.8, 4) is 44.5 Å². The Hall–Kier alpha value is -4.32. The van der Waals surface area contributed by atoms with Crippen LogP contribution in [-0.2, 0) is 4.57 Å². The fraction of sp³-hybridized carbons (Fsp3) is 0. The lowest BCUT2D eigenvalue weighted by Crippen LogP contribution is -2.02. The van der Waals surface area contributed by atoms with Gasteiger partial charge in [-0.1, -0.05) is 133 Å². The normalized spacial score (nSPS) is 11.1. The van der Waals surface area contributed by atoms with Crippen molar-refractivity contribution in [3.63, 3.8) is 0 Å². The zero-order valence-corrected chi connectivity index (χ0v) is 20.5. The molecule has 6 rings (SSSR count). The van der Waals surface area contributed by atoms with Gasteiger partial charge in [-0.15, -0.1) is 0 Å². The van der Waals surface area contributed by atoms with Gasteiger partial charge >= 0.3 is 0 Å². The van der Waals surface area contributed by atoms with Crippen LogP contribution < -0.4 is 5.30 Å². The molecule has 0 saturated heterocycles. The molecule has 2 heteroatoms. The van der Waals surface area contributed by atoms with Crippen molar-refractivity contribution >= 4 is 24.5 Å². The second kappa shape index (κ2) is 9.74. The number of hydrogen-bond donors (Lipinski definition) is 0. The van der Waals surface area contributed by atoms with Crippen molar-refractivity contribution in [3.05, 3.63) is 140 Å². The Morgan fingerprint density at radius 3 is 1.28 bits per heavy atom. The first-order valence-corrected chi connectivity index (χ1v) is 12.9. The zero-order valence-electron chi connectivity index (χ0n) is 19.6. The summed E-state index contributed by atoms with van der Waals surface area (Å²) in [4.78, 5) is 0. The molecule has 0 fully saturated rings. The Morgan fingerprint density at radius 2 is 0.750 bits per heavy atom. The van der Waals surface area contributed by atoms with Gasteiger partial charge in [-0.2, -0.15) is 0 Å². The molecule has 6 aromatic rings. The third-order valence-electron chi connectivity index (χ3n) is 6.67. The van der Waals surface area contributed by atoms with E-state index in [9.17, 15) is 4.57 Å². The van der Waals surface area contributed by atoms with Crippen LogP contribution >= 0.6 is 8.46 Å². The van der Waals surface area contributed by atoms with Crippen LogP contribution in [0.15, 0.2) is 140 Å². The maximum absolute atomic E-state index is 12.3. The molecule has 6 aromatic carbocycles. The summed E-state index contributed by atoms with van der Waals surface area (Å²) in [5.74, 6) is 0. The van der Waals surface area contributed by atoms with Crippen LogP contribution in [0.3, 0.4) is 0 Å². The summed E-state index contributed by atoms with van der Waals surface area (Å²) >= 11 is 0. The Morgan fingerprint density at radius 1 is 0.361 bits per heavy atom. The molecule has 170 valence electrons. The summed E-state index contributed by atoms with van der Waals surface area (Å²) in [5.41, 5.74) is 9.08. The van der Waals surface area contributed by atoms with Crippen LogP contribution in [0.2, 0.25) is 0 Å². The molecule has 0 spiro atoms. The first kappa shape index (κ1) is 22.2. The summed E-state index contributed by atoms with van der Waals surface area (Å²) in [7, 11) is 0.00895. The topological polar surface area (TPSA) is 17.1 Å². The van der Waals surface area contributed by atoms with Gasteiger partial charge in [0, 0.05) is 0 Å². The largest absolute Gasteiger partial charge is 0.269 e. The van der Waals surface area contributed by atoms with E-state index >= 15 is 0 Å². The lowest BCUT2D eigenvalue weighted by molar-refractivity contribution is 0.603. The van der Waals surface area contributed by atoms with Crippen molar-refractivity contribution in [2.24, 2.45) is 0 Å². The molecule has 0 heterocycles. The Bertz CT molecular complexity index is 1670. The molecule has 0 unspecified atom stereocenters. The molecule has 0 saturated carbocycles. The second-order valence-electron chi connectivity index (χ2n) is 8.75. The van der Waals surface area contributed by atoms with E-state index in [0.29, 0.717) is 0 Å². The van der Waals surface area contributed by atoms with Crippen molar-refractivity contribution < 1.29 is 4.57 Å². The fourth-order valence-electron chi connectivity index (χ4n) is 5.17. The molecule has 0 atom stereocenters. The highest BCUT2D eigenvalue weighted by Gasteiger charge is 2.24. The molecule has 0 bridgehead atoms. The van der Waals surface area contributed by atoms with Crippen LogP contribution in [0.25, 0.3) is 55.3 Å². The van der Waals surface area contributed by atoms with Crippen molar-refractivity contribution in [1.29, 1.82) is 0 Å². The van der Waals surface area contributed by atoms with Gasteiger partial charge in [0.25, 0.3) is 0 Å². The quantitative estimate of drug-likeness (QED) is 0.226. The molecule has 0 aliphatic carbocycles. The van der Waals surface area contributed by atoms with Crippen LogP contribution in [-0.4, -0.2) is 0 Å². The molecule has 0 aliphatic heterocycles. The second-order valence-corrected chi connectivity index (χ2v) is 9.42. The molecule has 0 N–H and O–H groups in total. The van der Waals surface area contributed by atoms with E-state index in [1.807, 2.05) is 18.2 Å². The maximum Gasteiger partial charge on any atom is 0.192 e. The third kappa shape index (κ3) is 3.85. The Kier molecular flexibility index (Phi) is 6.00. The van der Waals surface area contributed by atoms with Crippen molar-refractivity contribution in [2.45, 2.75) is 0 Å². The van der Waals surface area contributed by atoms with Gasteiger partial charge in [0.15, 0.2) is 8.46 Å². The number of hydrogen-bond acceptors (Lipinski definition) is 1. The SMILES string of the molecule is O=Pc1ccccc1-c1c(-c2ccccc2)c(-c2ccccc2)c(-c2ccccc2)c2ccccc12. The Labute approximate surface area is 212 Å². The average molecular weight is 479 g/mol. The number of benzene rings is 6. The van der Waals surface area contributed by atoms with Gasteiger partial charge in [-0.3, -0.25) is 4.57 Å². The number of fused-ring (bicyclic) bond motifs is 1. The van der Waals surface area contributed by atoms with Crippen molar-refractivity contribution in [1.82, 2.24) is 0 Å². The first-order valence-electron chi connectivity index (χ1n) is 12.0. The lowest BCUT2D eigenvalue weighted by atomic mass is 9.79. The predicted molar refractivity (Wildman–Crippen MR) is 153 cm³/mol. The summed E-state index contributed by atoms with van der Waals surface area (Å²) < 4.78 is 12.3. The zero-order chi connectivity index (χ0) is 24.3. The smallest absolute Gasteiger partial charge is 0.192 e. The maximum atomic E-state index is 12.3. The van der Waals surface area contributed by atoms with Gasteiger partial charge in [0.05, 0.1) is 5.30 Å². The summed E-state index contributed by atoms with van der Waals surface area (Å²) in [5, 5.41) is 3.10. The standard InChI is InChI=1S/C34H23OP/c35-36-30-23-13-12-22-29(30)34-28-21-11-10-20-27(28)31(24-14-4-1-5-15-24)32(25-16-6-2-7-17-25)33(34)26-18-8-3-9-19-26/h1-23H. The summed E-state index contributed by atoms with van der Waals surface area (Å²) in [6.07, 6.45) is 0. The van der Waals surface area contributed by atoms with Crippen LogP contribution in [0, 0.1) is 0 Å². The minimum atomic E-state index is 0.00895. The first-order chi connectivity index (χ1) is 17.9. The van der Waals surface area contributed by atoms with E-state index in [1.165, 1.54) is 22.1 Å². The molecule has 0 radical (unpaired) electrons. The highest BCUT2D eigenvalue weighted by molar-refractivity contribution is 7.34. The molecule has 0 aliphatic rings. The van der Waals surface area contributed by atoms with Gasteiger partial charge < -0.3 is 0 Å². The molecule has 36 heavy (non-hydrogen) atoms. The van der Waals surface area contributed by atoms with Gasteiger partial charge in [0.2, 0.25) is 0 Å². The van der Waals surface area contributed by atoms with Crippen LogP contribution in [0.4, 0.5) is 0 Å². The minimum absolute atomic E-state index is 0.00895. The van der Waals surface area contributed by atoms with Crippen LogP contribution in [0.1, 0.15) is 0 Å². The molecule has 0 aromatic heterocycles. The average Bonchev–Trinajstić information content (AvgIpc) is 2.97. The lowest BCUT2D eigenvalue weighted by Gasteiger charge is -2.24. The highest BCUT2D eigenvalue weighted by atomic mass is 31.1. The number of rotatable bonds is 5. The van der Waals surface area contributed by atoms with Gasteiger partial charge in [0.1, 0.15) is 0 Å². The van der Waals surface area contributed by atoms with E-state index in [0.717, 1.165) is 38.5 Å². The molecular weight excluding hydrogens is 455 g/mol. The predicted octanol–water partition coefficient (Wildman–Crippen LogP) is 9.42.